The second-order valence-corrected chi connectivity index (χ2v) is 5.21. The minimum absolute atomic E-state index is 0.114. The van der Waals surface area contributed by atoms with Crippen molar-refractivity contribution in [1.82, 2.24) is 0 Å². The summed E-state index contributed by atoms with van der Waals surface area (Å²) in [6, 6.07) is 10.3. The summed E-state index contributed by atoms with van der Waals surface area (Å²) in [6.07, 6.45) is 0. The third-order valence-corrected chi connectivity index (χ3v) is 3.70. The lowest BCUT2D eigenvalue weighted by molar-refractivity contribution is 0.306. The van der Waals surface area contributed by atoms with Gasteiger partial charge in [0, 0.05) is 4.47 Å². The van der Waals surface area contributed by atoms with Gasteiger partial charge in [0.2, 0.25) is 0 Å². The Morgan fingerprint density at radius 2 is 2.00 bits per heavy atom. The van der Waals surface area contributed by atoms with Crippen molar-refractivity contribution in [2.75, 3.05) is 0 Å². The van der Waals surface area contributed by atoms with E-state index in [1.165, 1.54) is 6.07 Å². The van der Waals surface area contributed by atoms with Crippen molar-refractivity contribution in [3.63, 3.8) is 0 Å². The molecule has 0 atom stereocenters. The van der Waals surface area contributed by atoms with Gasteiger partial charge >= 0.3 is 0 Å². The van der Waals surface area contributed by atoms with E-state index >= 15 is 0 Å². The van der Waals surface area contributed by atoms with Crippen LogP contribution in [0.4, 0.5) is 4.39 Å². The van der Waals surface area contributed by atoms with E-state index in [1.54, 1.807) is 12.1 Å². The van der Waals surface area contributed by atoms with Crippen molar-refractivity contribution >= 4 is 27.5 Å². The molecule has 0 saturated heterocycles. The van der Waals surface area contributed by atoms with Crippen LogP contribution in [0.2, 0.25) is 5.02 Å². The summed E-state index contributed by atoms with van der Waals surface area (Å²) in [5.74, 6) is 0.357. The summed E-state index contributed by atoms with van der Waals surface area (Å²) < 4.78 is 19.6. The number of aryl methyl sites for hydroxylation is 1. The van der Waals surface area contributed by atoms with Crippen molar-refractivity contribution in [1.29, 1.82) is 0 Å². The second kappa shape index (κ2) is 5.72. The van der Waals surface area contributed by atoms with Gasteiger partial charge in [0.05, 0.1) is 5.02 Å². The zero-order chi connectivity index (χ0) is 13.1. The van der Waals surface area contributed by atoms with Gasteiger partial charge in [-0.15, -0.1) is 0 Å². The van der Waals surface area contributed by atoms with E-state index in [0.717, 1.165) is 21.3 Å². The quantitative estimate of drug-likeness (QED) is 0.758. The van der Waals surface area contributed by atoms with Crippen molar-refractivity contribution in [2.24, 2.45) is 0 Å². The lowest BCUT2D eigenvalue weighted by Crippen LogP contribution is -1.96. The summed E-state index contributed by atoms with van der Waals surface area (Å²) in [5, 5.41) is 0.114. The molecule has 2 aromatic rings. The van der Waals surface area contributed by atoms with E-state index in [-0.39, 0.29) is 5.02 Å². The summed E-state index contributed by atoms with van der Waals surface area (Å²) in [5.41, 5.74) is 1.94. The molecule has 0 unspecified atom stereocenters. The van der Waals surface area contributed by atoms with Crippen LogP contribution in [0.25, 0.3) is 0 Å². The molecule has 2 aromatic carbocycles. The fourth-order valence-corrected chi connectivity index (χ4v) is 1.95. The Morgan fingerprint density at radius 1 is 1.22 bits per heavy atom. The first-order valence-electron chi connectivity index (χ1n) is 5.39. The highest BCUT2D eigenvalue weighted by molar-refractivity contribution is 9.10. The smallest absolute Gasteiger partial charge is 0.141 e. The standard InChI is InChI=1S/C14H11BrClFO/c1-9-6-11(3-4-12(9)15)18-8-10-2-5-14(17)13(16)7-10/h2-7H,8H2,1H3. The van der Waals surface area contributed by atoms with Crippen LogP contribution in [-0.2, 0) is 6.61 Å². The van der Waals surface area contributed by atoms with Crippen molar-refractivity contribution < 1.29 is 9.13 Å². The molecule has 0 heterocycles. The van der Waals surface area contributed by atoms with Gasteiger partial charge < -0.3 is 4.74 Å². The maximum absolute atomic E-state index is 13.0. The predicted octanol–water partition coefficient (Wildman–Crippen LogP) is 5.13. The van der Waals surface area contributed by atoms with Gasteiger partial charge in [-0.25, -0.2) is 4.39 Å². The molecule has 0 N–H and O–H groups in total. The highest BCUT2D eigenvalue weighted by atomic mass is 79.9. The van der Waals surface area contributed by atoms with Crippen molar-refractivity contribution in [3.8, 4) is 5.75 Å². The highest BCUT2D eigenvalue weighted by Gasteiger charge is 2.03. The fraction of sp³-hybridized carbons (Fsp3) is 0.143. The third kappa shape index (κ3) is 3.24. The molecule has 0 bridgehead atoms. The van der Waals surface area contributed by atoms with E-state index in [0.29, 0.717) is 6.61 Å². The first-order valence-corrected chi connectivity index (χ1v) is 6.56. The molecular weight excluding hydrogens is 319 g/mol. The molecule has 0 aliphatic rings. The van der Waals surface area contributed by atoms with Crippen LogP contribution in [0.3, 0.4) is 0 Å². The Morgan fingerprint density at radius 3 is 2.67 bits per heavy atom. The Labute approximate surface area is 119 Å². The SMILES string of the molecule is Cc1cc(OCc2ccc(F)c(Cl)c2)ccc1Br. The van der Waals surface area contributed by atoms with E-state index in [2.05, 4.69) is 15.9 Å². The zero-order valence-corrected chi connectivity index (χ0v) is 12.1. The molecule has 0 aromatic heterocycles. The van der Waals surface area contributed by atoms with Gasteiger partial charge in [-0.2, -0.15) is 0 Å². The molecule has 1 nitrogen and oxygen atoms in total. The number of hydrogen-bond donors (Lipinski definition) is 0. The van der Waals surface area contributed by atoms with Crippen LogP contribution >= 0.6 is 27.5 Å². The number of hydrogen-bond acceptors (Lipinski definition) is 1. The summed E-state index contributed by atoms with van der Waals surface area (Å²) in [4.78, 5) is 0. The molecule has 0 amide bonds. The van der Waals surface area contributed by atoms with Gasteiger partial charge in [0.15, 0.2) is 0 Å². The van der Waals surface area contributed by atoms with E-state index in [9.17, 15) is 4.39 Å². The lowest BCUT2D eigenvalue weighted by atomic mass is 10.2. The maximum atomic E-state index is 13.0. The molecule has 2 rings (SSSR count). The van der Waals surface area contributed by atoms with Crippen LogP contribution < -0.4 is 4.74 Å². The number of halogens is 3. The topological polar surface area (TPSA) is 9.23 Å². The highest BCUT2D eigenvalue weighted by Crippen LogP contribution is 2.23. The molecule has 0 spiro atoms. The Balaban J connectivity index is 2.06. The van der Waals surface area contributed by atoms with Gasteiger partial charge in [-0.1, -0.05) is 33.6 Å². The second-order valence-electron chi connectivity index (χ2n) is 3.95. The van der Waals surface area contributed by atoms with Crippen LogP contribution in [0.15, 0.2) is 40.9 Å². The molecule has 0 saturated carbocycles. The monoisotopic (exact) mass is 328 g/mol. The fourth-order valence-electron chi connectivity index (χ4n) is 1.50. The van der Waals surface area contributed by atoms with E-state index in [1.807, 2.05) is 25.1 Å². The normalized spacial score (nSPS) is 10.4. The minimum atomic E-state index is -0.417. The molecule has 0 aliphatic carbocycles. The van der Waals surface area contributed by atoms with Crippen LogP contribution in [0.1, 0.15) is 11.1 Å². The van der Waals surface area contributed by atoms with Crippen LogP contribution in [0.5, 0.6) is 5.75 Å². The minimum Gasteiger partial charge on any atom is -0.489 e. The molecule has 94 valence electrons. The first-order chi connectivity index (χ1) is 8.56. The Hall–Kier alpha value is -1.06. The first kappa shape index (κ1) is 13.4. The van der Waals surface area contributed by atoms with Gasteiger partial charge in [0.25, 0.3) is 0 Å². The average molecular weight is 330 g/mol. The van der Waals surface area contributed by atoms with E-state index < -0.39 is 5.82 Å². The van der Waals surface area contributed by atoms with Crippen molar-refractivity contribution in [3.05, 3.63) is 62.8 Å². The van der Waals surface area contributed by atoms with Gasteiger partial charge in [0.1, 0.15) is 18.2 Å². The Bertz CT molecular complexity index is 520. The van der Waals surface area contributed by atoms with Crippen LogP contribution in [0, 0.1) is 12.7 Å². The molecule has 0 radical (unpaired) electrons. The summed E-state index contributed by atoms with van der Waals surface area (Å²) in [7, 11) is 0. The molecule has 0 aliphatic heterocycles. The zero-order valence-electron chi connectivity index (χ0n) is 9.71. The van der Waals surface area contributed by atoms with Gasteiger partial charge in [-0.3, -0.25) is 0 Å². The summed E-state index contributed by atoms with van der Waals surface area (Å²) in [6.45, 7) is 2.35. The van der Waals surface area contributed by atoms with Gasteiger partial charge in [-0.05, 0) is 48.4 Å². The number of ether oxygens (including phenoxy) is 1. The number of rotatable bonds is 3. The van der Waals surface area contributed by atoms with Crippen molar-refractivity contribution in [2.45, 2.75) is 13.5 Å². The lowest BCUT2D eigenvalue weighted by Gasteiger charge is -2.08. The summed E-state index contributed by atoms with van der Waals surface area (Å²) >= 11 is 9.13. The largest absolute Gasteiger partial charge is 0.489 e. The molecule has 18 heavy (non-hydrogen) atoms. The third-order valence-electron chi connectivity index (χ3n) is 2.52. The molecule has 4 heteroatoms. The average Bonchev–Trinajstić information content (AvgIpc) is 2.35. The Kier molecular flexibility index (Phi) is 4.25. The number of benzene rings is 2. The van der Waals surface area contributed by atoms with Crippen LogP contribution in [-0.4, -0.2) is 0 Å². The molecule has 0 fully saturated rings. The maximum Gasteiger partial charge on any atom is 0.141 e. The molecular formula is C14H11BrClFO. The predicted molar refractivity (Wildman–Crippen MR) is 74.6 cm³/mol. The van der Waals surface area contributed by atoms with E-state index in [4.69, 9.17) is 16.3 Å².